The molecule has 2 N–H and O–H groups in total. The number of aromatic nitrogens is 3. The number of nitrogens with zero attached hydrogens (tertiary/aromatic N) is 3. The summed E-state index contributed by atoms with van der Waals surface area (Å²) >= 11 is 1.27. The molecule has 2 rings (SSSR count). The predicted octanol–water partition coefficient (Wildman–Crippen LogP) is 2.61. The number of thiophene rings is 1. The summed E-state index contributed by atoms with van der Waals surface area (Å²) in [7, 11) is 0. The smallest absolute Gasteiger partial charge is 0.225 e. The first kappa shape index (κ1) is 15.6. The zero-order valence-electron chi connectivity index (χ0n) is 12.4. The minimum absolute atomic E-state index is 0.0392. The number of aryl methyl sites for hydroxylation is 1. The molecule has 7 heteroatoms. The van der Waals surface area contributed by atoms with Gasteiger partial charge >= 0.3 is 0 Å². The van der Waals surface area contributed by atoms with E-state index in [4.69, 9.17) is 5.73 Å². The van der Waals surface area contributed by atoms with Gasteiger partial charge in [-0.2, -0.15) is 5.10 Å². The summed E-state index contributed by atoms with van der Waals surface area (Å²) in [5.74, 6) is -0.0292. The molecule has 0 spiro atoms. The number of nitrogens with two attached hydrogens (primary N) is 1. The zero-order valence-corrected chi connectivity index (χ0v) is 13.2. The fourth-order valence-electron chi connectivity index (χ4n) is 1.84. The number of halogens is 1. The summed E-state index contributed by atoms with van der Waals surface area (Å²) in [5.41, 5.74) is 5.30. The molecule has 5 nitrogen and oxygen atoms in total. The van der Waals surface area contributed by atoms with E-state index in [1.54, 1.807) is 10.1 Å². The van der Waals surface area contributed by atoms with Gasteiger partial charge in [-0.3, -0.25) is 4.79 Å². The number of primary amides is 1. The molecule has 0 saturated heterocycles. The molecule has 0 radical (unpaired) electrons. The Bertz CT molecular complexity index is 642. The van der Waals surface area contributed by atoms with E-state index in [9.17, 15) is 9.18 Å². The van der Waals surface area contributed by atoms with Crippen LogP contribution in [0, 0.1) is 11.2 Å². The molecular formula is C14H19FN4OS. The maximum Gasteiger partial charge on any atom is 0.225 e. The van der Waals surface area contributed by atoms with E-state index in [1.165, 1.54) is 17.4 Å². The minimum atomic E-state index is -0.499. The van der Waals surface area contributed by atoms with Crippen molar-refractivity contribution in [1.29, 1.82) is 0 Å². The van der Waals surface area contributed by atoms with E-state index in [1.807, 2.05) is 0 Å². The Morgan fingerprint density at radius 3 is 2.71 bits per heavy atom. The van der Waals surface area contributed by atoms with Crippen molar-refractivity contribution in [3.05, 3.63) is 23.1 Å². The lowest BCUT2D eigenvalue weighted by Gasteiger charge is -2.18. The highest BCUT2D eigenvalue weighted by molar-refractivity contribution is 7.13. The van der Waals surface area contributed by atoms with Crippen molar-refractivity contribution in [3.8, 4) is 10.7 Å². The largest absolute Gasteiger partial charge is 0.369 e. The van der Waals surface area contributed by atoms with Crippen LogP contribution in [0.25, 0.3) is 10.7 Å². The minimum Gasteiger partial charge on any atom is -0.369 e. The summed E-state index contributed by atoms with van der Waals surface area (Å²) in [6.07, 6.45) is 0.828. The summed E-state index contributed by atoms with van der Waals surface area (Å²) in [6.45, 7) is 6.99. The second-order valence-electron chi connectivity index (χ2n) is 6.13. The molecule has 0 aliphatic rings. The van der Waals surface area contributed by atoms with Gasteiger partial charge in [0.15, 0.2) is 11.6 Å². The fraction of sp³-hybridized carbons (Fsp3) is 0.500. The lowest BCUT2D eigenvalue weighted by atomic mass is 9.92. The van der Waals surface area contributed by atoms with Crippen LogP contribution in [0.1, 0.15) is 33.0 Å². The molecule has 2 aromatic heterocycles. The van der Waals surface area contributed by atoms with Gasteiger partial charge in [-0.15, -0.1) is 11.3 Å². The Hall–Kier alpha value is -1.76. The van der Waals surface area contributed by atoms with Crippen LogP contribution in [0.5, 0.6) is 0 Å². The van der Waals surface area contributed by atoms with Crippen LogP contribution in [-0.2, 0) is 17.8 Å². The number of hydrogen-bond donors (Lipinski definition) is 1. The van der Waals surface area contributed by atoms with Crippen molar-refractivity contribution in [3.63, 3.8) is 0 Å². The number of hydrogen-bond acceptors (Lipinski definition) is 4. The monoisotopic (exact) mass is 310 g/mol. The highest BCUT2D eigenvalue weighted by Crippen LogP contribution is 2.28. The molecule has 2 aromatic rings. The van der Waals surface area contributed by atoms with Gasteiger partial charge < -0.3 is 5.73 Å². The Morgan fingerprint density at radius 1 is 1.48 bits per heavy atom. The molecule has 114 valence electrons. The number of carbonyl (C=O) groups is 1. The quantitative estimate of drug-likeness (QED) is 0.922. The topological polar surface area (TPSA) is 73.8 Å². The molecule has 0 aromatic carbocycles. The molecule has 0 unspecified atom stereocenters. The molecule has 21 heavy (non-hydrogen) atoms. The Balaban J connectivity index is 2.34. The van der Waals surface area contributed by atoms with Gasteiger partial charge in [-0.1, -0.05) is 20.8 Å². The molecule has 0 atom stereocenters. The standard InChI is InChI=1S/C14H19FN4OS/c1-14(2,3)5-6-19-13(12-9(15)4-7-21-12)17-11(18-19)8-10(16)20/h4,7H,5-6,8H2,1-3H3,(H2,16,20). The van der Waals surface area contributed by atoms with Gasteiger partial charge in [0.05, 0.1) is 6.42 Å². The lowest BCUT2D eigenvalue weighted by Crippen LogP contribution is -2.15. The van der Waals surface area contributed by atoms with Crippen molar-refractivity contribution < 1.29 is 9.18 Å². The summed E-state index contributed by atoms with van der Waals surface area (Å²) in [5, 5.41) is 5.96. The van der Waals surface area contributed by atoms with Crippen molar-refractivity contribution in [1.82, 2.24) is 14.8 Å². The first-order valence-electron chi connectivity index (χ1n) is 6.71. The van der Waals surface area contributed by atoms with Crippen molar-refractivity contribution in [2.45, 2.75) is 40.2 Å². The van der Waals surface area contributed by atoms with Crippen LogP contribution in [0.3, 0.4) is 0 Å². The lowest BCUT2D eigenvalue weighted by molar-refractivity contribution is -0.117. The molecule has 0 saturated carbocycles. The van der Waals surface area contributed by atoms with Crippen LogP contribution in [-0.4, -0.2) is 20.7 Å². The van der Waals surface area contributed by atoms with E-state index in [2.05, 4.69) is 30.9 Å². The molecule has 1 amide bonds. The van der Waals surface area contributed by atoms with E-state index >= 15 is 0 Å². The third-order valence-corrected chi connectivity index (χ3v) is 3.83. The Labute approximate surface area is 127 Å². The normalized spacial score (nSPS) is 11.8. The third-order valence-electron chi connectivity index (χ3n) is 2.94. The van der Waals surface area contributed by atoms with Crippen LogP contribution in [0.15, 0.2) is 11.4 Å². The molecule has 2 heterocycles. The summed E-state index contributed by atoms with van der Waals surface area (Å²) < 4.78 is 15.5. The second kappa shape index (κ2) is 5.93. The number of rotatable bonds is 5. The van der Waals surface area contributed by atoms with Gasteiger partial charge in [-0.05, 0) is 23.3 Å². The Morgan fingerprint density at radius 2 is 2.19 bits per heavy atom. The molecular weight excluding hydrogens is 291 g/mol. The van der Waals surface area contributed by atoms with E-state index in [0.29, 0.717) is 23.1 Å². The molecule has 0 aliphatic carbocycles. The first-order chi connectivity index (χ1) is 9.76. The number of amides is 1. The van der Waals surface area contributed by atoms with E-state index < -0.39 is 5.91 Å². The maximum atomic E-state index is 13.8. The Kier molecular flexibility index (Phi) is 4.41. The van der Waals surface area contributed by atoms with Gasteiger partial charge in [0, 0.05) is 6.54 Å². The predicted molar refractivity (Wildman–Crippen MR) is 80.3 cm³/mol. The molecule has 0 fully saturated rings. The maximum absolute atomic E-state index is 13.8. The SMILES string of the molecule is CC(C)(C)CCn1nc(CC(N)=O)nc1-c1sccc1F. The van der Waals surface area contributed by atoms with Gasteiger partial charge in [0.25, 0.3) is 0 Å². The van der Waals surface area contributed by atoms with Crippen LogP contribution in [0.4, 0.5) is 4.39 Å². The van der Waals surface area contributed by atoms with E-state index in [0.717, 1.165) is 6.42 Å². The van der Waals surface area contributed by atoms with Gasteiger partial charge in [0.2, 0.25) is 5.91 Å². The van der Waals surface area contributed by atoms with Crippen molar-refractivity contribution in [2.24, 2.45) is 11.1 Å². The average molecular weight is 310 g/mol. The molecule has 0 bridgehead atoms. The second-order valence-corrected chi connectivity index (χ2v) is 7.04. The zero-order chi connectivity index (χ0) is 15.6. The van der Waals surface area contributed by atoms with Crippen molar-refractivity contribution >= 4 is 17.2 Å². The highest BCUT2D eigenvalue weighted by Gasteiger charge is 2.19. The van der Waals surface area contributed by atoms with Gasteiger partial charge in [-0.25, -0.2) is 14.1 Å². The third kappa shape index (κ3) is 4.10. The summed E-state index contributed by atoms with van der Waals surface area (Å²) in [6, 6.07) is 1.40. The van der Waals surface area contributed by atoms with Crippen LogP contribution >= 0.6 is 11.3 Å². The molecule has 0 aliphatic heterocycles. The van der Waals surface area contributed by atoms with Gasteiger partial charge in [0.1, 0.15) is 10.7 Å². The van der Waals surface area contributed by atoms with Crippen molar-refractivity contribution in [2.75, 3.05) is 0 Å². The van der Waals surface area contributed by atoms with E-state index in [-0.39, 0.29) is 17.7 Å². The summed E-state index contributed by atoms with van der Waals surface area (Å²) in [4.78, 5) is 15.7. The van der Waals surface area contributed by atoms with Crippen LogP contribution < -0.4 is 5.73 Å². The fourth-order valence-corrected chi connectivity index (χ4v) is 2.60. The first-order valence-corrected chi connectivity index (χ1v) is 7.59. The van der Waals surface area contributed by atoms with Crippen LogP contribution in [0.2, 0.25) is 0 Å². The highest BCUT2D eigenvalue weighted by atomic mass is 32.1. The average Bonchev–Trinajstić information content (AvgIpc) is 2.91. The number of carbonyl (C=O) groups excluding carboxylic acids is 1.